The molecule has 0 saturated carbocycles. The second kappa shape index (κ2) is 13.0. The lowest BCUT2D eigenvalue weighted by Gasteiger charge is -2.38. The number of rotatable bonds is 10. The van der Waals surface area contributed by atoms with Crippen molar-refractivity contribution in [2.45, 2.75) is 96.0 Å². The van der Waals surface area contributed by atoms with Gasteiger partial charge >= 0.3 is 6.09 Å². The molecule has 3 aliphatic rings. The Morgan fingerprint density at radius 2 is 1.92 bits per heavy atom. The summed E-state index contributed by atoms with van der Waals surface area (Å²) in [5.74, 6) is -0.284. The van der Waals surface area contributed by atoms with E-state index in [1.807, 2.05) is 13.8 Å². The van der Waals surface area contributed by atoms with Gasteiger partial charge < -0.3 is 33.9 Å². The van der Waals surface area contributed by atoms with Crippen molar-refractivity contribution in [3.8, 4) is 0 Å². The predicted molar refractivity (Wildman–Crippen MR) is 140 cm³/mol. The van der Waals surface area contributed by atoms with E-state index >= 15 is 0 Å². The second-order valence-electron chi connectivity index (χ2n) is 11.0. The Hall–Kier alpha value is -2.20. The molecule has 3 heterocycles. The summed E-state index contributed by atoms with van der Waals surface area (Å²) >= 11 is 0. The van der Waals surface area contributed by atoms with E-state index in [1.54, 1.807) is 20.0 Å². The monoisotopic (exact) mass is 520 g/mol. The average Bonchev–Trinajstić information content (AvgIpc) is 3.57. The van der Waals surface area contributed by atoms with Crippen molar-refractivity contribution in [2.75, 3.05) is 33.4 Å². The molecule has 0 unspecified atom stereocenters. The number of nitrogens with one attached hydrogen (secondary N) is 1. The lowest BCUT2D eigenvalue weighted by molar-refractivity contribution is -0.187. The molecule has 0 aliphatic carbocycles. The van der Waals surface area contributed by atoms with E-state index in [1.165, 1.54) is 11.0 Å². The molecule has 3 rings (SSSR count). The van der Waals surface area contributed by atoms with E-state index in [4.69, 9.17) is 23.7 Å². The van der Waals surface area contributed by atoms with Crippen molar-refractivity contribution in [1.29, 1.82) is 0 Å². The van der Waals surface area contributed by atoms with Gasteiger partial charge in [0.2, 0.25) is 5.91 Å². The van der Waals surface area contributed by atoms with Crippen LogP contribution in [-0.4, -0.2) is 86.1 Å². The number of hydrogen-bond acceptors (Lipinski definition) is 7. The number of ether oxygens (including phenoxy) is 5. The van der Waals surface area contributed by atoms with Crippen LogP contribution in [0, 0.1) is 0 Å². The molecule has 0 radical (unpaired) electrons. The minimum absolute atomic E-state index is 0.0102. The zero-order chi connectivity index (χ0) is 27.1. The van der Waals surface area contributed by atoms with Crippen molar-refractivity contribution in [1.82, 2.24) is 10.2 Å². The SMILES string of the molecule is CCCN(C)C(=O)O[C@@H](C)/C=C\C(=O)NC1COC(C/C=C(C)/C=C/[C@@H]2C[C@]3(CO3)CC(C)(C)O2)OC1. The first-order chi connectivity index (χ1) is 17.5. The van der Waals surface area contributed by atoms with Gasteiger partial charge in [0.1, 0.15) is 6.10 Å². The standard InChI is InChI=1S/C28H44N2O7/c1-7-14-30(6)26(32)36-21(3)10-12-24(31)29-22-16-33-25(34-17-22)13-9-20(2)8-11-23-15-28(19-35-28)18-27(4,5)37-23/h8-12,21-23,25H,7,13-19H2,1-6H3,(H,29,31)/b11-8+,12-10-,20-9+/t21-,22?,23+,25?,28+/m0/s1. The van der Waals surface area contributed by atoms with Crippen LogP contribution in [0.25, 0.3) is 0 Å². The predicted octanol–water partition coefficient (Wildman–Crippen LogP) is 3.89. The fourth-order valence-electron chi connectivity index (χ4n) is 4.70. The Morgan fingerprint density at radius 3 is 2.57 bits per heavy atom. The molecule has 3 atom stereocenters. The molecule has 2 amide bonds. The van der Waals surface area contributed by atoms with Crippen LogP contribution < -0.4 is 5.32 Å². The van der Waals surface area contributed by atoms with Crippen LogP contribution in [0.15, 0.2) is 36.0 Å². The molecule has 3 fully saturated rings. The van der Waals surface area contributed by atoms with Gasteiger partial charge in [0.05, 0.1) is 43.2 Å². The topological polar surface area (TPSA) is 98.9 Å². The van der Waals surface area contributed by atoms with Gasteiger partial charge in [-0.25, -0.2) is 4.79 Å². The van der Waals surface area contributed by atoms with Gasteiger partial charge in [-0.3, -0.25) is 4.79 Å². The van der Waals surface area contributed by atoms with Crippen molar-refractivity contribution >= 4 is 12.0 Å². The maximum atomic E-state index is 12.2. The third-order valence-corrected chi connectivity index (χ3v) is 6.54. The third kappa shape index (κ3) is 9.89. The zero-order valence-electron chi connectivity index (χ0n) is 23.2. The highest BCUT2D eigenvalue weighted by atomic mass is 16.7. The zero-order valence-corrected chi connectivity index (χ0v) is 23.2. The van der Waals surface area contributed by atoms with Gasteiger partial charge in [-0.2, -0.15) is 0 Å². The number of carbonyl (C=O) groups excluding carboxylic acids is 2. The quantitative estimate of drug-likeness (QED) is 0.265. The summed E-state index contributed by atoms with van der Waals surface area (Å²) in [7, 11) is 1.69. The number of hydrogen-bond donors (Lipinski definition) is 1. The molecule has 0 bridgehead atoms. The summed E-state index contributed by atoms with van der Waals surface area (Å²) < 4.78 is 28.8. The van der Waals surface area contributed by atoms with Crippen LogP contribution in [-0.2, 0) is 28.5 Å². The highest BCUT2D eigenvalue weighted by Crippen LogP contribution is 2.46. The van der Waals surface area contributed by atoms with Crippen LogP contribution >= 0.6 is 0 Å². The lowest BCUT2D eigenvalue weighted by Crippen LogP contribution is -2.46. The van der Waals surface area contributed by atoms with Gasteiger partial charge in [0, 0.05) is 38.9 Å². The van der Waals surface area contributed by atoms with Crippen LogP contribution in [0.4, 0.5) is 4.79 Å². The summed E-state index contributed by atoms with van der Waals surface area (Å²) in [6.07, 6.45) is 11.3. The van der Waals surface area contributed by atoms with E-state index in [0.29, 0.717) is 26.2 Å². The first-order valence-corrected chi connectivity index (χ1v) is 13.3. The summed E-state index contributed by atoms with van der Waals surface area (Å²) in [5.41, 5.74) is 0.945. The first-order valence-electron chi connectivity index (χ1n) is 13.3. The molecule has 37 heavy (non-hydrogen) atoms. The molecular weight excluding hydrogens is 476 g/mol. The summed E-state index contributed by atoms with van der Waals surface area (Å²) in [4.78, 5) is 25.6. The van der Waals surface area contributed by atoms with Crippen molar-refractivity contribution in [3.63, 3.8) is 0 Å². The smallest absolute Gasteiger partial charge is 0.410 e. The molecule has 0 aromatic heterocycles. The maximum absolute atomic E-state index is 12.2. The maximum Gasteiger partial charge on any atom is 0.410 e. The van der Waals surface area contributed by atoms with Crippen LogP contribution in [0.1, 0.15) is 60.3 Å². The third-order valence-electron chi connectivity index (χ3n) is 6.54. The van der Waals surface area contributed by atoms with Crippen molar-refractivity contribution in [3.05, 3.63) is 36.0 Å². The molecule has 1 spiro atoms. The van der Waals surface area contributed by atoms with Gasteiger partial charge in [-0.05, 0) is 40.2 Å². The molecule has 1 N–H and O–H groups in total. The summed E-state index contributed by atoms with van der Waals surface area (Å²) in [5, 5.41) is 2.85. The number of allylic oxidation sites excluding steroid dienone is 2. The second-order valence-corrected chi connectivity index (χ2v) is 11.0. The Labute approximate surface area is 221 Å². The minimum atomic E-state index is -0.510. The largest absolute Gasteiger partial charge is 0.442 e. The number of epoxide rings is 1. The molecule has 9 nitrogen and oxygen atoms in total. The van der Waals surface area contributed by atoms with E-state index < -0.39 is 12.2 Å². The van der Waals surface area contributed by atoms with Gasteiger partial charge in [-0.15, -0.1) is 0 Å². The fraction of sp³-hybridized carbons (Fsp3) is 0.714. The highest BCUT2D eigenvalue weighted by Gasteiger charge is 2.53. The van der Waals surface area contributed by atoms with Crippen molar-refractivity contribution < 1.29 is 33.3 Å². The lowest BCUT2D eigenvalue weighted by atomic mass is 9.85. The molecule has 3 saturated heterocycles. The van der Waals surface area contributed by atoms with Crippen LogP contribution in [0.5, 0.6) is 0 Å². The van der Waals surface area contributed by atoms with Gasteiger partial charge in [-0.1, -0.05) is 30.7 Å². The average molecular weight is 521 g/mol. The summed E-state index contributed by atoms with van der Waals surface area (Å²) in [6, 6.07) is -0.240. The summed E-state index contributed by atoms with van der Waals surface area (Å²) in [6.45, 7) is 12.2. The van der Waals surface area contributed by atoms with Crippen LogP contribution in [0.2, 0.25) is 0 Å². The molecular formula is C28H44N2O7. The minimum Gasteiger partial charge on any atom is -0.442 e. The molecule has 0 aromatic rings. The Bertz CT molecular complexity index is 864. The number of carbonyl (C=O) groups is 2. The number of amides is 2. The van der Waals surface area contributed by atoms with E-state index in [-0.39, 0.29) is 35.5 Å². The molecule has 0 aromatic carbocycles. The Balaban J connectivity index is 1.34. The Morgan fingerprint density at radius 1 is 1.22 bits per heavy atom. The highest BCUT2D eigenvalue weighted by molar-refractivity contribution is 5.87. The number of nitrogens with zero attached hydrogens (tertiary/aromatic N) is 1. The van der Waals surface area contributed by atoms with E-state index in [0.717, 1.165) is 31.4 Å². The van der Waals surface area contributed by atoms with Crippen LogP contribution in [0.3, 0.4) is 0 Å². The normalized spacial score (nSPS) is 30.4. The fourth-order valence-corrected chi connectivity index (χ4v) is 4.70. The molecule has 208 valence electrons. The van der Waals surface area contributed by atoms with Crippen molar-refractivity contribution in [2.24, 2.45) is 0 Å². The first kappa shape index (κ1) is 29.4. The van der Waals surface area contributed by atoms with E-state index in [2.05, 4.69) is 37.4 Å². The Kier molecular flexibility index (Phi) is 10.3. The van der Waals surface area contributed by atoms with Gasteiger partial charge in [0.25, 0.3) is 0 Å². The van der Waals surface area contributed by atoms with Gasteiger partial charge in [0.15, 0.2) is 6.29 Å². The molecule has 9 heteroatoms. The molecule has 3 aliphatic heterocycles. The van der Waals surface area contributed by atoms with E-state index in [9.17, 15) is 9.59 Å².